The average molecular weight is 522 g/mol. The summed E-state index contributed by atoms with van der Waals surface area (Å²) in [6.07, 6.45) is 1.83. The Morgan fingerprint density at radius 1 is 1.08 bits per heavy atom. The Kier molecular flexibility index (Phi) is 6.57. The fourth-order valence-electron chi connectivity index (χ4n) is 4.36. The van der Waals surface area contributed by atoms with Crippen molar-refractivity contribution in [2.75, 3.05) is 51.7 Å². The van der Waals surface area contributed by atoms with Crippen molar-refractivity contribution in [1.82, 2.24) is 14.4 Å². The monoisotopic (exact) mass is 521 g/mol. The van der Waals surface area contributed by atoms with Gasteiger partial charge in [-0.05, 0) is 50.5 Å². The summed E-state index contributed by atoms with van der Waals surface area (Å²) in [7, 11) is 7.56. The number of halogens is 1. The third-order valence-electron chi connectivity index (χ3n) is 6.36. The topological polar surface area (TPSA) is 88.1 Å². The van der Waals surface area contributed by atoms with E-state index in [0.29, 0.717) is 51.4 Å². The number of carbonyl (C=O) groups is 2. The summed E-state index contributed by atoms with van der Waals surface area (Å²) < 4.78 is 12.8. The zero-order valence-corrected chi connectivity index (χ0v) is 21.8. The number of aryl methyl sites for hydroxylation is 1. The normalized spacial score (nSPS) is 15.0. The molecule has 192 valence electrons. The number of anilines is 2. The van der Waals surface area contributed by atoms with Crippen LogP contribution < -0.4 is 20.1 Å². The van der Waals surface area contributed by atoms with Crippen LogP contribution in [0.1, 0.15) is 21.6 Å². The molecule has 2 aliphatic rings. The molecule has 0 aliphatic carbocycles. The quantitative estimate of drug-likeness (QED) is 0.457. The van der Waals surface area contributed by atoms with Crippen LogP contribution in [-0.4, -0.2) is 67.2 Å². The summed E-state index contributed by atoms with van der Waals surface area (Å²) >= 11 is 6.17. The summed E-state index contributed by atoms with van der Waals surface area (Å²) in [6, 6.07) is 12.6. The first-order chi connectivity index (χ1) is 17.7. The maximum absolute atomic E-state index is 13.2. The van der Waals surface area contributed by atoms with Crippen LogP contribution in [0.5, 0.6) is 11.5 Å². The van der Waals surface area contributed by atoms with Gasteiger partial charge in [-0.2, -0.15) is 0 Å². The highest BCUT2D eigenvalue weighted by molar-refractivity contribution is 6.38. The summed E-state index contributed by atoms with van der Waals surface area (Å²) in [5, 5.41) is 6.84. The molecule has 2 amide bonds. The van der Waals surface area contributed by atoms with Crippen LogP contribution in [0.15, 0.2) is 48.7 Å². The summed E-state index contributed by atoms with van der Waals surface area (Å²) in [6.45, 7) is 1.51. The van der Waals surface area contributed by atoms with Gasteiger partial charge in [0.25, 0.3) is 11.8 Å². The number of nitrogens with one attached hydrogen (secondary N) is 2. The number of rotatable bonds is 7. The molecule has 1 aromatic heterocycles. The first-order valence-corrected chi connectivity index (χ1v) is 12.2. The van der Waals surface area contributed by atoms with E-state index < -0.39 is 0 Å². The predicted octanol–water partition coefficient (Wildman–Crippen LogP) is 3.97. The van der Waals surface area contributed by atoms with Gasteiger partial charge < -0.3 is 34.5 Å². The molecule has 0 saturated heterocycles. The van der Waals surface area contributed by atoms with Crippen LogP contribution >= 0.6 is 11.6 Å². The summed E-state index contributed by atoms with van der Waals surface area (Å²) in [5.74, 6) is 0.893. The molecule has 9 nitrogen and oxygen atoms in total. The largest absolute Gasteiger partial charge is 0.454 e. The smallest absolute Gasteiger partial charge is 0.270 e. The van der Waals surface area contributed by atoms with Crippen LogP contribution in [0.4, 0.5) is 11.4 Å². The summed E-state index contributed by atoms with van der Waals surface area (Å²) in [4.78, 5) is 30.0. The summed E-state index contributed by atoms with van der Waals surface area (Å²) in [5.41, 5.74) is 4.33. The maximum Gasteiger partial charge on any atom is 0.270 e. The number of fused-ring (bicyclic) bond motifs is 2. The Bertz CT molecular complexity index is 1430. The van der Waals surface area contributed by atoms with Crippen LogP contribution in [0, 0.1) is 0 Å². The van der Waals surface area contributed by atoms with E-state index in [1.807, 2.05) is 56.5 Å². The van der Waals surface area contributed by atoms with Crippen molar-refractivity contribution in [3.05, 3.63) is 70.5 Å². The number of aromatic nitrogens is 1. The molecule has 0 spiro atoms. The molecule has 0 saturated carbocycles. The van der Waals surface area contributed by atoms with E-state index in [-0.39, 0.29) is 18.6 Å². The van der Waals surface area contributed by atoms with Crippen LogP contribution in [0.3, 0.4) is 0 Å². The van der Waals surface area contributed by atoms with E-state index in [1.165, 1.54) is 0 Å². The molecule has 0 unspecified atom stereocenters. The lowest BCUT2D eigenvalue weighted by molar-refractivity contribution is -0.110. The van der Waals surface area contributed by atoms with Gasteiger partial charge in [-0.25, -0.2) is 0 Å². The highest BCUT2D eigenvalue weighted by Crippen LogP contribution is 2.41. The van der Waals surface area contributed by atoms with Crippen molar-refractivity contribution >= 4 is 46.1 Å². The maximum atomic E-state index is 13.2. The SMILES string of the molecule is CN(C)CCN(C)C(=O)c1cc(N/C(=C2\C(=O)Nc3cc(Cl)ccc32)c2ccc3c(c2)OCO3)cn1C. The highest BCUT2D eigenvalue weighted by Gasteiger charge is 2.30. The van der Waals surface area contributed by atoms with E-state index in [9.17, 15) is 9.59 Å². The molecule has 10 heteroatoms. The molecular weight excluding hydrogens is 494 g/mol. The molecule has 0 bridgehead atoms. The second-order valence-corrected chi connectivity index (χ2v) is 9.78. The van der Waals surface area contributed by atoms with Crippen LogP contribution in [-0.2, 0) is 11.8 Å². The Labute approximate surface area is 220 Å². The molecule has 0 radical (unpaired) electrons. The van der Waals surface area contributed by atoms with Crippen molar-refractivity contribution < 1.29 is 19.1 Å². The van der Waals surface area contributed by atoms with Crippen molar-refractivity contribution in [3.63, 3.8) is 0 Å². The number of benzene rings is 2. The lowest BCUT2D eigenvalue weighted by atomic mass is 10.00. The number of hydrogen-bond acceptors (Lipinski definition) is 6. The molecule has 37 heavy (non-hydrogen) atoms. The molecule has 5 rings (SSSR count). The molecular formula is C27H28ClN5O4. The van der Waals surface area contributed by atoms with E-state index in [1.54, 1.807) is 34.7 Å². The molecule has 2 N–H and O–H groups in total. The van der Waals surface area contributed by atoms with Crippen LogP contribution in [0.25, 0.3) is 11.3 Å². The molecule has 3 aromatic rings. The van der Waals surface area contributed by atoms with Gasteiger partial charge in [-0.1, -0.05) is 17.7 Å². The fourth-order valence-corrected chi connectivity index (χ4v) is 4.53. The lowest BCUT2D eigenvalue weighted by Crippen LogP contribution is -2.34. The van der Waals surface area contributed by atoms with E-state index >= 15 is 0 Å². The van der Waals surface area contributed by atoms with Gasteiger partial charge in [0.05, 0.1) is 22.6 Å². The van der Waals surface area contributed by atoms with E-state index in [2.05, 4.69) is 10.6 Å². The first-order valence-electron chi connectivity index (χ1n) is 11.8. The zero-order valence-electron chi connectivity index (χ0n) is 21.1. The van der Waals surface area contributed by atoms with Gasteiger partial charge in [0.2, 0.25) is 6.79 Å². The molecule has 0 atom stereocenters. The van der Waals surface area contributed by atoms with Gasteiger partial charge in [-0.3, -0.25) is 9.59 Å². The Morgan fingerprint density at radius 2 is 1.86 bits per heavy atom. The minimum absolute atomic E-state index is 0.0896. The van der Waals surface area contributed by atoms with Crippen molar-refractivity contribution in [1.29, 1.82) is 0 Å². The molecule has 2 aliphatic heterocycles. The second-order valence-electron chi connectivity index (χ2n) is 9.34. The number of likely N-dealkylation sites (N-methyl/N-ethyl adjacent to an activating group) is 2. The number of hydrogen-bond donors (Lipinski definition) is 2. The van der Waals surface area contributed by atoms with E-state index in [0.717, 1.165) is 17.7 Å². The minimum atomic E-state index is -0.256. The second kappa shape index (κ2) is 9.84. The van der Waals surface area contributed by atoms with Gasteiger partial charge in [0.1, 0.15) is 5.69 Å². The molecule has 0 fully saturated rings. The van der Waals surface area contributed by atoms with Crippen molar-refractivity contribution in [2.24, 2.45) is 7.05 Å². The molecule has 3 heterocycles. The highest BCUT2D eigenvalue weighted by atomic mass is 35.5. The third-order valence-corrected chi connectivity index (χ3v) is 6.60. The Balaban J connectivity index is 1.55. The van der Waals surface area contributed by atoms with Crippen LogP contribution in [0.2, 0.25) is 5.02 Å². The van der Waals surface area contributed by atoms with Gasteiger partial charge in [-0.15, -0.1) is 0 Å². The van der Waals surface area contributed by atoms with Crippen molar-refractivity contribution in [3.8, 4) is 11.5 Å². The van der Waals surface area contributed by atoms with Gasteiger partial charge in [0, 0.05) is 49.5 Å². The third kappa shape index (κ3) is 4.87. The number of ether oxygens (including phenoxy) is 2. The first kappa shape index (κ1) is 24.7. The number of amides is 2. The van der Waals surface area contributed by atoms with Gasteiger partial charge in [0.15, 0.2) is 11.5 Å². The standard InChI is InChI=1S/C27H28ClN5O4/c1-31(2)9-10-32(3)27(35)21-13-18(14-33(21)4)29-25(16-5-8-22-23(11-16)37-15-36-22)24-19-7-6-17(28)12-20(19)30-26(24)34/h5-8,11-14,29H,9-10,15H2,1-4H3,(H,30,34)/b25-24-. The van der Waals surface area contributed by atoms with Crippen molar-refractivity contribution in [2.45, 2.75) is 0 Å². The fraction of sp³-hybridized carbons (Fsp3) is 0.259. The number of nitrogens with zero attached hydrogens (tertiary/aromatic N) is 3. The predicted molar refractivity (Wildman–Crippen MR) is 144 cm³/mol. The van der Waals surface area contributed by atoms with E-state index in [4.69, 9.17) is 21.1 Å². The Morgan fingerprint density at radius 3 is 2.65 bits per heavy atom. The molecule has 2 aromatic carbocycles. The Hall–Kier alpha value is -3.95. The lowest BCUT2D eigenvalue weighted by Gasteiger charge is -2.19. The minimum Gasteiger partial charge on any atom is -0.454 e. The number of carbonyl (C=O) groups excluding carboxylic acids is 2. The average Bonchev–Trinajstić information content (AvgIpc) is 3.56. The van der Waals surface area contributed by atoms with Gasteiger partial charge >= 0.3 is 0 Å². The zero-order chi connectivity index (χ0) is 26.3.